The van der Waals surface area contributed by atoms with Crippen molar-refractivity contribution in [1.29, 1.82) is 0 Å². The Kier molecular flexibility index (Phi) is 4.98. The molecule has 5 heteroatoms. The molecule has 2 rings (SSSR count). The maximum atomic E-state index is 12.3. The summed E-state index contributed by atoms with van der Waals surface area (Å²) < 4.78 is 5.42. The van der Waals surface area contributed by atoms with Gasteiger partial charge < -0.3 is 15.8 Å². The van der Waals surface area contributed by atoms with E-state index in [1.54, 1.807) is 6.07 Å². The first-order chi connectivity index (χ1) is 9.58. The lowest BCUT2D eigenvalue weighted by Gasteiger charge is -2.26. The summed E-state index contributed by atoms with van der Waals surface area (Å²) in [4.78, 5) is 14.5. The Balaban J connectivity index is 1.99. The second-order valence-electron chi connectivity index (χ2n) is 5.24. The van der Waals surface area contributed by atoms with E-state index < -0.39 is 0 Å². The summed E-state index contributed by atoms with van der Waals surface area (Å²) in [6, 6.07) is 5.35. The van der Waals surface area contributed by atoms with Crippen molar-refractivity contribution >= 4 is 17.3 Å². The summed E-state index contributed by atoms with van der Waals surface area (Å²) in [6.45, 7) is 7.05. The van der Waals surface area contributed by atoms with Gasteiger partial charge in [-0.1, -0.05) is 0 Å². The highest BCUT2D eigenvalue weighted by molar-refractivity contribution is 5.95. The maximum Gasteiger partial charge on any atom is 0.241 e. The van der Waals surface area contributed by atoms with E-state index in [4.69, 9.17) is 10.5 Å². The number of nitrogens with zero attached hydrogens (tertiary/aromatic N) is 1. The van der Waals surface area contributed by atoms with Crippen molar-refractivity contribution in [3.8, 4) is 0 Å². The molecule has 20 heavy (non-hydrogen) atoms. The molecule has 1 heterocycles. The van der Waals surface area contributed by atoms with Gasteiger partial charge in [0.1, 0.15) is 0 Å². The molecule has 5 nitrogen and oxygen atoms in total. The number of carbonyl (C=O) groups excluding carboxylic acids is 1. The predicted octanol–water partition coefficient (Wildman–Crippen LogP) is 1.63. The molecule has 110 valence electrons. The Labute approximate surface area is 120 Å². The van der Waals surface area contributed by atoms with Crippen LogP contribution in [-0.4, -0.2) is 43.2 Å². The minimum atomic E-state index is -0.159. The largest absolute Gasteiger partial charge is 0.399 e. The van der Waals surface area contributed by atoms with E-state index in [-0.39, 0.29) is 11.9 Å². The molecule has 1 saturated heterocycles. The summed E-state index contributed by atoms with van der Waals surface area (Å²) in [5.41, 5.74) is 8.22. The van der Waals surface area contributed by atoms with Crippen LogP contribution in [0.1, 0.15) is 18.9 Å². The third kappa shape index (κ3) is 3.71. The first-order valence-electron chi connectivity index (χ1n) is 7.06. The summed E-state index contributed by atoms with van der Waals surface area (Å²) in [7, 11) is 0. The van der Waals surface area contributed by atoms with Crippen LogP contribution in [-0.2, 0) is 9.53 Å². The monoisotopic (exact) mass is 277 g/mol. The van der Waals surface area contributed by atoms with Gasteiger partial charge in [0, 0.05) is 31.1 Å². The summed E-state index contributed by atoms with van der Waals surface area (Å²) in [6.07, 6.45) is 0.971. The van der Waals surface area contributed by atoms with Crippen LogP contribution in [0.2, 0.25) is 0 Å². The average Bonchev–Trinajstić information content (AvgIpc) is 2.70. The molecule has 1 aliphatic rings. The zero-order valence-electron chi connectivity index (χ0n) is 12.2. The maximum absolute atomic E-state index is 12.3. The molecule has 1 unspecified atom stereocenters. The van der Waals surface area contributed by atoms with Crippen LogP contribution in [0.4, 0.5) is 11.4 Å². The van der Waals surface area contributed by atoms with Crippen LogP contribution in [0.15, 0.2) is 18.2 Å². The molecule has 1 atom stereocenters. The number of rotatable bonds is 3. The number of amides is 1. The van der Waals surface area contributed by atoms with E-state index in [1.807, 2.05) is 26.0 Å². The van der Waals surface area contributed by atoms with Crippen molar-refractivity contribution < 1.29 is 9.53 Å². The predicted molar refractivity (Wildman–Crippen MR) is 80.7 cm³/mol. The highest BCUT2D eigenvalue weighted by atomic mass is 16.5. The molecule has 0 spiro atoms. The normalized spacial score (nSPS) is 18.3. The van der Waals surface area contributed by atoms with Gasteiger partial charge in [0.2, 0.25) is 5.91 Å². The van der Waals surface area contributed by atoms with Crippen LogP contribution in [0.25, 0.3) is 0 Å². The fourth-order valence-electron chi connectivity index (χ4n) is 2.38. The molecule has 1 amide bonds. The molecule has 0 bridgehead atoms. The molecule has 1 aromatic rings. The van der Waals surface area contributed by atoms with Gasteiger partial charge in [-0.15, -0.1) is 0 Å². The van der Waals surface area contributed by atoms with Gasteiger partial charge in [0.15, 0.2) is 0 Å². The van der Waals surface area contributed by atoms with Crippen molar-refractivity contribution in [3.05, 3.63) is 23.8 Å². The van der Waals surface area contributed by atoms with Gasteiger partial charge >= 0.3 is 0 Å². The van der Waals surface area contributed by atoms with Crippen molar-refractivity contribution in [2.45, 2.75) is 26.3 Å². The number of hydrogen-bond acceptors (Lipinski definition) is 4. The van der Waals surface area contributed by atoms with E-state index in [2.05, 4.69) is 10.2 Å². The molecule has 3 N–H and O–H groups in total. The van der Waals surface area contributed by atoms with Gasteiger partial charge in [-0.3, -0.25) is 9.69 Å². The van der Waals surface area contributed by atoms with E-state index in [9.17, 15) is 4.79 Å². The number of nitrogens with one attached hydrogen (secondary N) is 1. The van der Waals surface area contributed by atoms with E-state index in [1.165, 1.54) is 0 Å². The zero-order chi connectivity index (χ0) is 14.5. The Morgan fingerprint density at radius 2 is 2.20 bits per heavy atom. The Bertz CT molecular complexity index is 468. The molecule has 1 aliphatic heterocycles. The van der Waals surface area contributed by atoms with Crippen molar-refractivity contribution in [3.63, 3.8) is 0 Å². The molecule has 0 aromatic heterocycles. The Morgan fingerprint density at radius 3 is 2.95 bits per heavy atom. The second kappa shape index (κ2) is 6.72. The molecular formula is C15H23N3O2. The third-order valence-corrected chi connectivity index (χ3v) is 3.69. The minimum Gasteiger partial charge on any atom is -0.399 e. The lowest BCUT2D eigenvalue weighted by molar-refractivity contribution is -0.120. The number of hydrogen-bond donors (Lipinski definition) is 2. The topological polar surface area (TPSA) is 67.6 Å². The van der Waals surface area contributed by atoms with Crippen LogP contribution < -0.4 is 11.1 Å². The summed E-state index contributed by atoms with van der Waals surface area (Å²) in [5.74, 6) is 0.0137. The highest BCUT2D eigenvalue weighted by Crippen LogP contribution is 2.18. The molecule has 0 radical (unpaired) electrons. The Hall–Kier alpha value is -1.59. The van der Waals surface area contributed by atoms with E-state index in [0.717, 1.165) is 37.4 Å². The van der Waals surface area contributed by atoms with Gasteiger partial charge in [0.25, 0.3) is 0 Å². The molecule has 1 fully saturated rings. The molecule has 1 aromatic carbocycles. The average molecular weight is 277 g/mol. The number of ether oxygens (including phenoxy) is 1. The smallest absolute Gasteiger partial charge is 0.241 e. The summed E-state index contributed by atoms with van der Waals surface area (Å²) >= 11 is 0. The van der Waals surface area contributed by atoms with Crippen molar-refractivity contribution in [2.24, 2.45) is 0 Å². The van der Waals surface area contributed by atoms with Crippen LogP contribution >= 0.6 is 0 Å². The standard InChI is InChI=1S/C15H23N3O2/c1-11-10-13(16)4-5-14(11)17-15(19)12(2)18-6-3-8-20-9-7-18/h4-5,10,12H,3,6-9,16H2,1-2H3,(H,17,19). The number of anilines is 2. The quantitative estimate of drug-likeness (QED) is 0.824. The number of nitrogens with two attached hydrogens (primary N) is 1. The first kappa shape index (κ1) is 14.8. The van der Waals surface area contributed by atoms with Gasteiger partial charge in [0.05, 0.1) is 12.6 Å². The zero-order valence-corrected chi connectivity index (χ0v) is 12.2. The van der Waals surface area contributed by atoms with E-state index in [0.29, 0.717) is 12.3 Å². The third-order valence-electron chi connectivity index (χ3n) is 3.69. The van der Waals surface area contributed by atoms with Gasteiger partial charge in [-0.05, 0) is 44.0 Å². The first-order valence-corrected chi connectivity index (χ1v) is 7.06. The van der Waals surface area contributed by atoms with Gasteiger partial charge in [-0.25, -0.2) is 0 Å². The van der Waals surface area contributed by atoms with Crippen LogP contribution in [0.3, 0.4) is 0 Å². The number of nitrogen functional groups attached to an aromatic ring is 1. The fraction of sp³-hybridized carbons (Fsp3) is 0.533. The highest BCUT2D eigenvalue weighted by Gasteiger charge is 2.22. The molecule has 0 aliphatic carbocycles. The fourth-order valence-corrected chi connectivity index (χ4v) is 2.38. The van der Waals surface area contributed by atoms with Gasteiger partial charge in [-0.2, -0.15) is 0 Å². The molecular weight excluding hydrogens is 254 g/mol. The molecule has 0 saturated carbocycles. The number of benzene rings is 1. The van der Waals surface area contributed by atoms with Crippen LogP contribution in [0, 0.1) is 6.92 Å². The second-order valence-corrected chi connectivity index (χ2v) is 5.24. The Morgan fingerprint density at radius 1 is 1.40 bits per heavy atom. The lowest BCUT2D eigenvalue weighted by atomic mass is 10.1. The minimum absolute atomic E-state index is 0.0137. The number of aryl methyl sites for hydroxylation is 1. The summed E-state index contributed by atoms with van der Waals surface area (Å²) in [5, 5.41) is 2.98. The van der Waals surface area contributed by atoms with E-state index >= 15 is 0 Å². The van der Waals surface area contributed by atoms with Crippen molar-refractivity contribution in [1.82, 2.24) is 4.90 Å². The SMILES string of the molecule is Cc1cc(N)ccc1NC(=O)C(C)N1CCCOCC1. The van der Waals surface area contributed by atoms with Crippen LogP contribution in [0.5, 0.6) is 0 Å². The number of carbonyl (C=O) groups is 1. The van der Waals surface area contributed by atoms with Crippen molar-refractivity contribution in [2.75, 3.05) is 37.4 Å². The lowest BCUT2D eigenvalue weighted by Crippen LogP contribution is -2.43.